The number of carbonyl (C=O) groups is 1. The zero-order valence-electron chi connectivity index (χ0n) is 13.0. The van der Waals surface area contributed by atoms with E-state index >= 15 is 0 Å². The summed E-state index contributed by atoms with van der Waals surface area (Å²) in [7, 11) is -11.1. The molecule has 1 aromatic rings. The Morgan fingerprint density at radius 3 is 1.48 bits per heavy atom. The van der Waals surface area contributed by atoms with Gasteiger partial charge in [-0.25, -0.2) is 4.79 Å². The van der Waals surface area contributed by atoms with Crippen molar-refractivity contribution in [1.29, 1.82) is 0 Å². The van der Waals surface area contributed by atoms with Gasteiger partial charge in [0.25, 0.3) is 0 Å². The number of carbonyl (C=O) groups excluding carboxylic acids is 1. The highest BCUT2D eigenvalue weighted by Crippen LogP contribution is 2.31. The van der Waals surface area contributed by atoms with Crippen LogP contribution in [0.5, 0.6) is 11.5 Å². The summed E-state index contributed by atoms with van der Waals surface area (Å²) in [6.07, 6.45) is 0. The van der Waals surface area contributed by atoms with Gasteiger partial charge in [0, 0.05) is 0 Å². The number of halogens is 6. The van der Waals surface area contributed by atoms with Crippen LogP contribution in [0.4, 0.5) is 26.3 Å². The molecule has 0 fully saturated rings. The van der Waals surface area contributed by atoms with Gasteiger partial charge in [-0.2, -0.15) is 43.2 Å². The number of esters is 1. The molecule has 1 rings (SSSR count). The molecule has 0 saturated carbocycles. The quantitative estimate of drug-likeness (QED) is 0.208. The van der Waals surface area contributed by atoms with Crippen molar-refractivity contribution < 1.29 is 61.1 Å². The zero-order valence-corrected chi connectivity index (χ0v) is 14.6. The minimum atomic E-state index is -6.29. The Kier molecular flexibility index (Phi) is 6.02. The van der Waals surface area contributed by atoms with Crippen molar-refractivity contribution in [3.05, 3.63) is 17.7 Å². The van der Waals surface area contributed by atoms with Crippen LogP contribution < -0.4 is 13.8 Å². The van der Waals surface area contributed by atoms with Gasteiger partial charge in [0.15, 0.2) is 0 Å². The van der Waals surface area contributed by atoms with Gasteiger partial charge in [-0.15, -0.1) is 0 Å². The Morgan fingerprint density at radius 2 is 1.22 bits per heavy atom. The van der Waals surface area contributed by atoms with E-state index in [1.165, 1.54) is 0 Å². The van der Waals surface area contributed by atoms with E-state index in [9.17, 15) is 48.0 Å². The maximum absolute atomic E-state index is 12.4. The topological polar surface area (TPSA) is 113 Å². The van der Waals surface area contributed by atoms with Gasteiger partial charge in [-0.3, -0.25) is 0 Å². The Balaban J connectivity index is 3.61. The van der Waals surface area contributed by atoms with Gasteiger partial charge in [-0.1, -0.05) is 0 Å². The van der Waals surface area contributed by atoms with Gasteiger partial charge in [-0.05, 0) is 17.6 Å². The molecule has 8 nitrogen and oxygen atoms in total. The van der Waals surface area contributed by atoms with E-state index in [-0.39, 0.29) is 0 Å². The third-order valence-corrected chi connectivity index (χ3v) is 4.63. The lowest BCUT2D eigenvalue weighted by molar-refractivity contribution is -0.0502. The molecule has 0 radical (unpaired) electrons. The summed E-state index contributed by atoms with van der Waals surface area (Å²) in [6, 6.07) is 0.773. The van der Waals surface area contributed by atoms with Crippen molar-refractivity contribution in [1.82, 2.24) is 0 Å². The Bertz CT molecular complexity index is 884. The molecule has 0 aliphatic heterocycles. The molecule has 0 unspecified atom stereocenters. The van der Waals surface area contributed by atoms with E-state index < -0.39 is 59.7 Å². The first-order chi connectivity index (χ1) is 11.9. The van der Waals surface area contributed by atoms with E-state index in [0.29, 0.717) is 20.0 Å². The van der Waals surface area contributed by atoms with Crippen molar-refractivity contribution >= 4 is 39.5 Å². The van der Waals surface area contributed by atoms with E-state index in [1.807, 2.05) is 0 Å². The average Bonchev–Trinajstić information content (AvgIpc) is 2.47. The van der Waals surface area contributed by atoms with Gasteiger partial charge in [0.05, 0.1) is 12.7 Å². The molecule has 0 saturated heterocycles. The third kappa shape index (κ3) is 4.97. The van der Waals surface area contributed by atoms with E-state index in [4.69, 9.17) is 0 Å². The van der Waals surface area contributed by atoms with E-state index in [0.717, 1.165) is 7.11 Å². The fourth-order valence-corrected chi connectivity index (χ4v) is 2.41. The molecule has 0 bridgehead atoms. The van der Waals surface area contributed by atoms with Crippen molar-refractivity contribution in [2.24, 2.45) is 0 Å². The standard InChI is InChI=1S/C10H7BF6O8S2/c1-23-8(18)4-2-5(24-26(19,20)9(12,13)14)7(11)6(3-4)25-27(21,22)10(15,16)17/h2-3H,11H2,1H3. The van der Waals surface area contributed by atoms with Crippen LogP contribution in [0.1, 0.15) is 10.4 Å². The molecule has 0 heterocycles. The predicted molar refractivity (Wildman–Crippen MR) is 77.2 cm³/mol. The summed E-state index contributed by atoms with van der Waals surface area (Å²) in [6.45, 7) is 0. The summed E-state index contributed by atoms with van der Waals surface area (Å²) in [4.78, 5) is 11.5. The average molecular weight is 444 g/mol. The highest BCUT2D eigenvalue weighted by atomic mass is 32.2. The summed E-state index contributed by atoms with van der Waals surface area (Å²) in [5, 5.41) is 0. The van der Waals surface area contributed by atoms with Crippen LogP contribution in [-0.4, -0.2) is 48.8 Å². The highest BCUT2D eigenvalue weighted by Gasteiger charge is 2.50. The molecule has 0 aliphatic carbocycles. The second-order valence-electron chi connectivity index (χ2n) is 4.56. The lowest BCUT2D eigenvalue weighted by atomic mass is 9.92. The maximum Gasteiger partial charge on any atom is 0.534 e. The first-order valence-electron chi connectivity index (χ1n) is 6.17. The van der Waals surface area contributed by atoms with Crippen molar-refractivity contribution in [2.45, 2.75) is 11.0 Å². The Labute approximate surface area is 148 Å². The number of ether oxygens (including phenoxy) is 1. The largest absolute Gasteiger partial charge is 0.534 e. The van der Waals surface area contributed by atoms with Crippen molar-refractivity contribution in [3.63, 3.8) is 0 Å². The van der Waals surface area contributed by atoms with Crippen LogP contribution in [0, 0.1) is 0 Å². The van der Waals surface area contributed by atoms with Crippen LogP contribution in [0.3, 0.4) is 0 Å². The maximum atomic E-state index is 12.4. The first-order valence-corrected chi connectivity index (χ1v) is 8.99. The molecule has 1 aromatic carbocycles. The normalized spacial score (nSPS) is 13.1. The Hall–Kier alpha value is -2.17. The van der Waals surface area contributed by atoms with Gasteiger partial charge >= 0.3 is 37.2 Å². The van der Waals surface area contributed by atoms with E-state index in [2.05, 4.69) is 13.1 Å². The molecule has 0 amide bonds. The van der Waals surface area contributed by atoms with Crippen molar-refractivity contribution in [2.75, 3.05) is 7.11 Å². The number of methoxy groups -OCH3 is 1. The molecule has 0 atom stereocenters. The van der Waals surface area contributed by atoms with Crippen LogP contribution >= 0.6 is 0 Å². The number of alkyl halides is 6. The van der Waals surface area contributed by atoms with Gasteiger partial charge < -0.3 is 13.1 Å². The molecule has 0 spiro atoms. The predicted octanol–water partition coefficient (Wildman–Crippen LogP) is 0.188. The Morgan fingerprint density at radius 1 is 0.889 bits per heavy atom. The van der Waals surface area contributed by atoms with Crippen LogP contribution in [0.15, 0.2) is 12.1 Å². The lowest BCUT2D eigenvalue weighted by Gasteiger charge is -2.16. The minimum absolute atomic E-state index is 0.386. The minimum Gasteiger partial charge on any atom is -0.465 e. The molecule has 27 heavy (non-hydrogen) atoms. The smallest absolute Gasteiger partial charge is 0.465 e. The second kappa shape index (κ2) is 7.10. The summed E-state index contributed by atoms with van der Waals surface area (Å²) < 4.78 is 131. The molecule has 0 aliphatic rings. The number of hydrogen-bond acceptors (Lipinski definition) is 8. The summed E-state index contributed by atoms with van der Waals surface area (Å²) in [5.74, 6) is -3.97. The third-order valence-electron chi connectivity index (χ3n) is 2.70. The summed E-state index contributed by atoms with van der Waals surface area (Å²) >= 11 is 0. The van der Waals surface area contributed by atoms with Crippen LogP contribution in [-0.2, 0) is 25.0 Å². The van der Waals surface area contributed by atoms with Crippen LogP contribution in [0.2, 0.25) is 0 Å². The fourth-order valence-electron chi connectivity index (χ4n) is 1.40. The first kappa shape index (κ1) is 22.9. The second-order valence-corrected chi connectivity index (χ2v) is 7.63. The number of hydrogen-bond donors (Lipinski definition) is 0. The molecular weight excluding hydrogens is 437 g/mol. The number of benzene rings is 1. The summed E-state index contributed by atoms with van der Waals surface area (Å²) in [5.41, 5.74) is -13.6. The molecule has 0 aromatic heterocycles. The highest BCUT2D eigenvalue weighted by molar-refractivity contribution is 7.88. The SMILES string of the molecule is Bc1c(OS(=O)(=O)C(F)(F)F)cc(C(=O)OC)cc1OS(=O)(=O)C(F)(F)F. The fraction of sp³-hybridized carbons (Fsp3) is 0.300. The van der Waals surface area contributed by atoms with Crippen LogP contribution in [0.25, 0.3) is 0 Å². The van der Waals surface area contributed by atoms with Gasteiger partial charge in [0.1, 0.15) is 19.3 Å². The molecule has 152 valence electrons. The lowest BCUT2D eigenvalue weighted by Crippen LogP contribution is -2.32. The number of rotatable bonds is 5. The van der Waals surface area contributed by atoms with Gasteiger partial charge in [0.2, 0.25) is 0 Å². The zero-order chi connectivity index (χ0) is 21.4. The molecule has 0 N–H and O–H groups in total. The molecule has 17 heteroatoms. The molecular formula is C10H7BF6O8S2. The van der Waals surface area contributed by atoms with E-state index in [1.54, 1.807) is 0 Å². The van der Waals surface area contributed by atoms with Crippen molar-refractivity contribution in [3.8, 4) is 11.5 Å². The monoisotopic (exact) mass is 444 g/mol.